The first-order valence-corrected chi connectivity index (χ1v) is 5.77. The van der Waals surface area contributed by atoms with E-state index in [0.717, 1.165) is 16.7 Å². The van der Waals surface area contributed by atoms with Gasteiger partial charge in [0, 0.05) is 4.47 Å². The average Bonchev–Trinajstić information content (AvgIpc) is 2.53. The molecule has 0 unspecified atom stereocenters. The first kappa shape index (κ1) is 10.7. The summed E-state index contributed by atoms with van der Waals surface area (Å²) >= 11 is 9.45. The molecular weight excluding hydrogens is 275 g/mol. The van der Waals surface area contributed by atoms with Crippen molar-refractivity contribution in [1.29, 1.82) is 0 Å². The molecule has 0 atom stereocenters. The van der Waals surface area contributed by atoms with Gasteiger partial charge < -0.3 is 0 Å². The Morgan fingerprint density at radius 3 is 2.73 bits per heavy atom. The zero-order valence-corrected chi connectivity index (χ0v) is 10.6. The molecule has 0 aliphatic carbocycles. The van der Waals surface area contributed by atoms with E-state index in [2.05, 4.69) is 27.1 Å². The lowest BCUT2D eigenvalue weighted by atomic mass is 10.2. The monoisotopic (exact) mass is 284 g/mol. The quantitative estimate of drug-likeness (QED) is 0.823. The van der Waals surface area contributed by atoms with Crippen molar-refractivity contribution >= 4 is 27.5 Å². The van der Waals surface area contributed by atoms with Gasteiger partial charge in [-0.3, -0.25) is 4.68 Å². The van der Waals surface area contributed by atoms with Crippen molar-refractivity contribution in [2.75, 3.05) is 0 Å². The Labute approximate surface area is 102 Å². The standard InChI is InChI=1S/C11H10BrClN2/c1-8-11(13)6-14-15(8)7-9-4-2-3-5-10(9)12/h2-6H,7H2,1H3. The van der Waals surface area contributed by atoms with Gasteiger partial charge in [-0.15, -0.1) is 0 Å². The lowest BCUT2D eigenvalue weighted by Crippen LogP contribution is -2.04. The van der Waals surface area contributed by atoms with Crippen LogP contribution in [0.1, 0.15) is 11.3 Å². The molecule has 0 fully saturated rings. The Kier molecular flexibility index (Phi) is 3.12. The molecule has 0 spiro atoms. The molecule has 2 aromatic rings. The van der Waals surface area contributed by atoms with E-state index in [0.29, 0.717) is 5.02 Å². The Morgan fingerprint density at radius 1 is 1.40 bits per heavy atom. The molecule has 0 aliphatic heterocycles. The summed E-state index contributed by atoms with van der Waals surface area (Å²) in [4.78, 5) is 0. The van der Waals surface area contributed by atoms with Crippen molar-refractivity contribution in [3.63, 3.8) is 0 Å². The molecule has 0 amide bonds. The third-order valence-electron chi connectivity index (χ3n) is 2.32. The molecule has 0 radical (unpaired) electrons. The normalized spacial score (nSPS) is 10.6. The Balaban J connectivity index is 2.30. The third-order valence-corrected chi connectivity index (χ3v) is 3.47. The van der Waals surface area contributed by atoms with Crippen molar-refractivity contribution in [3.8, 4) is 0 Å². The topological polar surface area (TPSA) is 17.8 Å². The smallest absolute Gasteiger partial charge is 0.0815 e. The van der Waals surface area contributed by atoms with Crippen molar-refractivity contribution in [3.05, 3.63) is 51.2 Å². The minimum atomic E-state index is 0.710. The molecule has 4 heteroatoms. The molecule has 78 valence electrons. The third kappa shape index (κ3) is 2.24. The van der Waals surface area contributed by atoms with Crippen LogP contribution in [0, 0.1) is 6.92 Å². The molecule has 2 rings (SSSR count). The van der Waals surface area contributed by atoms with Gasteiger partial charge in [-0.1, -0.05) is 45.7 Å². The van der Waals surface area contributed by atoms with Gasteiger partial charge in [-0.25, -0.2) is 0 Å². The predicted molar refractivity (Wildman–Crippen MR) is 65.2 cm³/mol. The number of rotatable bonds is 2. The van der Waals surface area contributed by atoms with Gasteiger partial charge >= 0.3 is 0 Å². The van der Waals surface area contributed by atoms with Gasteiger partial charge in [0.05, 0.1) is 23.5 Å². The molecule has 1 aromatic heterocycles. The Morgan fingerprint density at radius 2 is 2.13 bits per heavy atom. The van der Waals surface area contributed by atoms with E-state index in [1.807, 2.05) is 29.8 Å². The van der Waals surface area contributed by atoms with Gasteiger partial charge in [0.15, 0.2) is 0 Å². The van der Waals surface area contributed by atoms with Gasteiger partial charge in [-0.05, 0) is 18.6 Å². The fourth-order valence-electron chi connectivity index (χ4n) is 1.37. The number of halogens is 2. The maximum atomic E-state index is 5.94. The first-order chi connectivity index (χ1) is 7.18. The van der Waals surface area contributed by atoms with Gasteiger partial charge in [0.25, 0.3) is 0 Å². The van der Waals surface area contributed by atoms with Crippen LogP contribution in [-0.4, -0.2) is 9.78 Å². The predicted octanol–water partition coefficient (Wildman–Crippen LogP) is 3.66. The molecule has 0 N–H and O–H groups in total. The zero-order valence-electron chi connectivity index (χ0n) is 8.24. The average molecular weight is 286 g/mol. The Bertz CT molecular complexity index is 479. The molecule has 0 aliphatic rings. The van der Waals surface area contributed by atoms with Crippen LogP contribution < -0.4 is 0 Å². The van der Waals surface area contributed by atoms with E-state index in [4.69, 9.17) is 11.6 Å². The fraction of sp³-hybridized carbons (Fsp3) is 0.182. The molecule has 0 saturated carbocycles. The van der Waals surface area contributed by atoms with Crippen LogP contribution in [-0.2, 0) is 6.54 Å². The van der Waals surface area contributed by atoms with E-state index >= 15 is 0 Å². The van der Waals surface area contributed by atoms with Gasteiger partial charge in [0.1, 0.15) is 0 Å². The van der Waals surface area contributed by atoms with Gasteiger partial charge in [0.2, 0.25) is 0 Å². The lowest BCUT2D eigenvalue weighted by Gasteiger charge is -2.06. The molecule has 0 saturated heterocycles. The Hall–Kier alpha value is -0.800. The molecule has 0 bridgehead atoms. The molecule has 15 heavy (non-hydrogen) atoms. The number of benzene rings is 1. The van der Waals surface area contributed by atoms with Crippen molar-refractivity contribution in [2.24, 2.45) is 0 Å². The van der Waals surface area contributed by atoms with Crippen LogP contribution >= 0.6 is 27.5 Å². The van der Waals surface area contributed by atoms with E-state index < -0.39 is 0 Å². The number of aromatic nitrogens is 2. The molecular formula is C11H10BrClN2. The summed E-state index contributed by atoms with van der Waals surface area (Å²) in [6, 6.07) is 8.10. The highest BCUT2D eigenvalue weighted by molar-refractivity contribution is 9.10. The van der Waals surface area contributed by atoms with Crippen LogP contribution in [0.3, 0.4) is 0 Å². The molecule has 2 nitrogen and oxygen atoms in total. The van der Waals surface area contributed by atoms with E-state index in [1.54, 1.807) is 6.20 Å². The highest BCUT2D eigenvalue weighted by Crippen LogP contribution is 2.19. The maximum Gasteiger partial charge on any atom is 0.0815 e. The summed E-state index contributed by atoms with van der Waals surface area (Å²) < 4.78 is 2.98. The van der Waals surface area contributed by atoms with E-state index in [9.17, 15) is 0 Å². The second-order valence-corrected chi connectivity index (χ2v) is 4.59. The van der Waals surface area contributed by atoms with Gasteiger partial charge in [-0.2, -0.15) is 5.10 Å². The van der Waals surface area contributed by atoms with Crippen molar-refractivity contribution in [2.45, 2.75) is 13.5 Å². The number of nitrogens with zero attached hydrogens (tertiary/aromatic N) is 2. The maximum absolute atomic E-state index is 5.94. The van der Waals surface area contributed by atoms with Crippen LogP contribution in [0.2, 0.25) is 5.02 Å². The molecule has 1 heterocycles. The first-order valence-electron chi connectivity index (χ1n) is 4.60. The largest absolute Gasteiger partial charge is 0.264 e. The van der Waals surface area contributed by atoms with Crippen LogP contribution in [0.5, 0.6) is 0 Å². The fourth-order valence-corrected chi connectivity index (χ4v) is 1.92. The minimum absolute atomic E-state index is 0.710. The summed E-state index contributed by atoms with van der Waals surface area (Å²) in [7, 11) is 0. The highest BCUT2D eigenvalue weighted by atomic mass is 79.9. The summed E-state index contributed by atoms with van der Waals surface area (Å²) in [6.07, 6.45) is 1.67. The zero-order chi connectivity index (χ0) is 10.8. The van der Waals surface area contributed by atoms with Crippen LogP contribution in [0.4, 0.5) is 0 Å². The molecule has 1 aromatic carbocycles. The van der Waals surface area contributed by atoms with E-state index in [-0.39, 0.29) is 0 Å². The summed E-state index contributed by atoms with van der Waals surface area (Å²) in [5, 5.41) is 4.93. The van der Waals surface area contributed by atoms with Crippen LogP contribution in [0.25, 0.3) is 0 Å². The summed E-state index contributed by atoms with van der Waals surface area (Å²) in [6.45, 7) is 2.70. The highest BCUT2D eigenvalue weighted by Gasteiger charge is 2.05. The van der Waals surface area contributed by atoms with E-state index in [1.165, 1.54) is 5.56 Å². The van der Waals surface area contributed by atoms with Crippen LogP contribution in [0.15, 0.2) is 34.9 Å². The second kappa shape index (κ2) is 4.37. The number of hydrogen-bond acceptors (Lipinski definition) is 1. The number of hydrogen-bond donors (Lipinski definition) is 0. The van der Waals surface area contributed by atoms with Crippen molar-refractivity contribution in [1.82, 2.24) is 9.78 Å². The van der Waals surface area contributed by atoms with Crippen molar-refractivity contribution < 1.29 is 0 Å². The lowest BCUT2D eigenvalue weighted by molar-refractivity contribution is 0.663. The SMILES string of the molecule is Cc1c(Cl)cnn1Cc1ccccc1Br. The summed E-state index contributed by atoms with van der Waals surface area (Å²) in [5.74, 6) is 0. The second-order valence-electron chi connectivity index (χ2n) is 3.33. The minimum Gasteiger partial charge on any atom is -0.264 e. The summed E-state index contributed by atoms with van der Waals surface area (Å²) in [5.41, 5.74) is 2.19.